The monoisotopic (exact) mass is 401 g/mol. The number of H-pyrrole nitrogens is 1. The average Bonchev–Trinajstić information content (AvgIpc) is 3.21. The Labute approximate surface area is 164 Å². The highest BCUT2D eigenvalue weighted by atomic mass is 35.5. The van der Waals surface area contributed by atoms with Gasteiger partial charge in [-0.15, -0.1) is 6.42 Å². The van der Waals surface area contributed by atoms with E-state index in [4.69, 9.17) is 22.8 Å². The van der Waals surface area contributed by atoms with Gasteiger partial charge in [-0.3, -0.25) is 4.79 Å². The lowest BCUT2D eigenvalue weighted by Crippen LogP contribution is -2.34. The van der Waals surface area contributed by atoms with Gasteiger partial charge in [-0.05, 0) is 17.7 Å². The van der Waals surface area contributed by atoms with Crippen molar-refractivity contribution in [3.63, 3.8) is 0 Å². The maximum atomic E-state index is 12.1. The molecule has 1 saturated heterocycles. The number of aromatic nitrogens is 3. The highest BCUT2D eigenvalue weighted by Crippen LogP contribution is 2.37. The van der Waals surface area contributed by atoms with Crippen LogP contribution in [-0.4, -0.2) is 48.2 Å². The van der Waals surface area contributed by atoms with E-state index in [-0.39, 0.29) is 10.9 Å². The predicted molar refractivity (Wildman–Crippen MR) is 101 cm³/mol. The van der Waals surface area contributed by atoms with Crippen molar-refractivity contribution >= 4 is 22.6 Å². The molecule has 144 valence electrons. The molecule has 0 saturated carbocycles. The molecule has 0 bridgehead atoms. The number of fused-ring (bicyclic) bond motifs is 1. The van der Waals surface area contributed by atoms with E-state index in [9.17, 15) is 20.1 Å². The van der Waals surface area contributed by atoms with E-state index in [1.807, 2.05) is 0 Å². The first-order valence-corrected chi connectivity index (χ1v) is 8.80. The zero-order valence-electron chi connectivity index (χ0n) is 14.4. The van der Waals surface area contributed by atoms with Crippen LogP contribution in [0.15, 0.2) is 41.6 Å². The second-order valence-corrected chi connectivity index (χ2v) is 6.93. The lowest BCUT2D eigenvalue weighted by Gasteiger charge is -2.21. The van der Waals surface area contributed by atoms with E-state index in [0.29, 0.717) is 16.2 Å². The number of aliphatic hydroxyl groups excluding tert-OH is 3. The SMILES string of the molecule is C#Cc1cn([C@@H]2O[C@H](C(O)c3ccc(Cl)cc3)[C@@H](O)[C@H]2O)c2[nH]cnc(=O)c12. The number of ether oxygens (including phenoxy) is 1. The Morgan fingerprint density at radius 3 is 2.68 bits per heavy atom. The van der Waals surface area contributed by atoms with Crippen LogP contribution in [0.1, 0.15) is 23.5 Å². The topological polar surface area (TPSA) is 121 Å². The summed E-state index contributed by atoms with van der Waals surface area (Å²) in [6, 6.07) is 6.42. The molecule has 8 nitrogen and oxygen atoms in total. The summed E-state index contributed by atoms with van der Waals surface area (Å²) in [6.45, 7) is 0. The quantitative estimate of drug-likeness (QED) is 0.480. The van der Waals surface area contributed by atoms with Gasteiger partial charge in [0, 0.05) is 11.2 Å². The van der Waals surface area contributed by atoms with E-state index in [1.54, 1.807) is 24.3 Å². The van der Waals surface area contributed by atoms with Crippen LogP contribution in [0, 0.1) is 12.3 Å². The van der Waals surface area contributed by atoms with Crippen LogP contribution in [0.5, 0.6) is 0 Å². The van der Waals surface area contributed by atoms with E-state index in [1.165, 1.54) is 17.1 Å². The molecule has 4 N–H and O–H groups in total. The first-order chi connectivity index (χ1) is 13.4. The standard InChI is InChI=1S/C19H16ClN3O5/c1-2-9-7-23(17-12(9)18(27)22-8-21-17)19-15(26)14(25)16(28-19)13(24)10-3-5-11(20)6-4-10/h1,3-8,13-16,19,24-26H,(H,21,22,27)/t13?,14-,15+,16+,19+/m0/s1. The van der Waals surface area contributed by atoms with Gasteiger partial charge < -0.3 is 29.6 Å². The Morgan fingerprint density at radius 1 is 1.29 bits per heavy atom. The molecule has 1 unspecified atom stereocenters. The molecule has 3 aromatic rings. The summed E-state index contributed by atoms with van der Waals surface area (Å²) in [4.78, 5) is 18.5. The first kappa shape index (κ1) is 18.7. The fourth-order valence-electron chi connectivity index (χ4n) is 3.44. The third-order valence-electron chi connectivity index (χ3n) is 4.86. The molecule has 3 heterocycles. The Bertz CT molecular complexity index is 1120. The van der Waals surface area contributed by atoms with Crippen molar-refractivity contribution in [2.24, 2.45) is 0 Å². The molecule has 4 rings (SSSR count). The molecular formula is C19H16ClN3O5. The van der Waals surface area contributed by atoms with Crippen LogP contribution in [-0.2, 0) is 4.74 Å². The summed E-state index contributed by atoms with van der Waals surface area (Å²) in [5.41, 5.74) is 0.522. The second-order valence-electron chi connectivity index (χ2n) is 6.49. The van der Waals surface area contributed by atoms with Crippen LogP contribution in [0.25, 0.3) is 11.0 Å². The van der Waals surface area contributed by atoms with E-state index in [2.05, 4.69) is 15.9 Å². The number of hydrogen-bond donors (Lipinski definition) is 4. The van der Waals surface area contributed by atoms with Gasteiger partial charge in [0.1, 0.15) is 30.1 Å². The van der Waals surface area contributed by atoms with Crippen molar-refractivity contribution in [1.82, 2.24) is 14.5 Å². The number of nitrogens with zero attached hydrogens (tertiary/aromatic N) is 2. The Balaban J connectivity index is 1.72. The molecule has 1 aliphatic rings. The van der Waals surface area contributed by atoms with Crippen LogP contribution >= 0.6 is 11.6 Å². The third kappa shape index (κ3) is 2.90. The van der Waals surface area contributed by atoms with Crippen molar-refractivity contribution < 1.29 is 20.1 Å². The number of hydrogen-bond acceptors (Lipinski definition) is 6. The van der Waals surface area contributed by atoms with Gasteiger partial charge in [0.15, 0.2) is 6.23 Å². The molecular weight excluding hydrogens is 386 g/mol. The number of aliphatic hydroxyl groups is 3. The van der Waals surface area contributed by atoms with Crippen molar-refractivity contribution in [2.45, 2.75) is 30.6 Å². The minimum atomic E-state index is -1.38. The molecule has 9 heteroatoms. The van der Waals surface area contributed by atoms with E-state index >= 15 is 0 Å². The summed E-state index contributed by atoms with van der Waals surface area (Å²) < 4.78 is 7.22. The molecule has 0 amide bonds. The number of terminal acetylenes is 1. The molecule has 2 aromatic heterocycles. The number of benzene rings is 1. The van der Waals surface area contributed by atoms with Crippen molar-refractivity contribution in [2.75, 3.05) is 0 Å². The van der Waals surface area contributed by atoms with Gasteiger partial charge in [0.25, 0.3) is 5.56 Å². The number of rotatable bonds is 3. The largest absolute Gasteiger partial charge is 0.387 e. The van der Waals surface area contributed by atoms with Crippen LogP contribution in [0.3, 0.4) is 0 Å². The Kier molecular flexibility index (Phi) is 4.71. The van der Waals surface area contributed by atoms with Crippen LogP contribution in [0.4, 0.5) is 0 Å². The average molecular weight is 402 g/mol. The minimum Gasteiger partial charge on any atom is -0.387 e. The normalized spacial score (nSPS) is 25.7. The van der Waals surface area contributed by atoms with E-state index in [0.717, 1.165) is 0 Å². The molecule has 5 atom stereocenters. The first-order valence-electron chi connectivity index (χ1n) is 8.42. The zero-order valence-corrected chi connectivity index (χ0v) is 15.1. The van der Waals surface area contributed by atoms with Gasteiger partial charge in [-0.2, -0.15) is 4.98 Å². The number of nitrogens with one attached hydrogen (secondary N) is 1. The maximum absolute atomic E-state index is 12.1. The van der Waals surface area contributed by atoms with Gasteiger partial charge >= 0.3 is 0 Å². The number of halogens is 1. The summed E-state index contributed by atoms with van der Waals surface area (Å²) in [5.74, 6) is 2.40. The summed E-state index contributed by atoms with van der Waals surface area (Å²) in [6.07, 6.45) is 2.00. The van der Waals surface area contributed by atoms with Crippen molar-refractivity contribution in [3.8, 4) is 12.3 Å². The Morgan fingerprint density at radius 2 is 2.00 bits per heavy atom. The van der Waals surface area contributed by atoms with Gasteiger partial charge in [0.05, 0.1) is 17.3 Å². The van der Waals surface area contributed by atoms with Crippen LogP contribution < -0.4 is 5.56 Å². The highest BCUT2D eigenvalue weighted by Gasteiger charge is 2.47. The van der Waals surface area contributed by atoms with Crippen molar-refractivity contribution in [3.05, 3.63) is 63.3 Å². The fourth-order valence-corrected chi connectivity index (χ4v) is 3.57. The van der Waals surface area contributed by atoms with Crippen molar-refractivity contribution in [1.29, 1.82) is 0 Å². The molecule has 1 fully saturated rings. The summed E-state index contributed by atoms with van der Waals surface area (Å²) in [5, 5.41) is 32.3. The molecule has 28 heavy (non-hydrogen) atoms. The fraction of sp³-hybridized carbons (Fsp3) is 0.263. The highest BCUT2D eigenvalue weighted by molar-refractivity contribution is 6.30. The summed E-state index contributed by atoms with van der Waals surface area (Å²) >= 11 is 5.86. The second kappa shape index (κ2) is 7.05. The van der Waals surface area contributed by atoms with Gasteiger partial charge in [-0.1, -0.05) is 29.7 Å². The van der Waals surface area contributed by atoms with E-state index < -0.39 is 36.2 Å². The van der Waals surface area contributed by atoms with Crippen LogP contribution in [0.2, 0.25) is 5.02 Å². The van der Waals surface area contributed by atoms with Gasteiger partial charge in [-0.25, -0.2) is 0 Å². The number of aromatic amines is 1. The summed E-state index contributed by atoms with van der Waals surface area (Å²) in [7, 11) is 0. The molecule has 0 spiro atoms. The minimum absolute atomic E-state index is 0.178. The molecule has 0 aliphatic carbocycles. The smallest absolute Gasteiger partial charge is 0.283 e. The zero-order chi connectivity index (χ0) is 20.0. The predicted octanol–water partition coefficient (Wildman–Crippen LogP) is 0.712. The molecule has 1 aromatic carbocycles. The lowest BCUT2D eigenvalue weighted by molar-refractivity contribution is -0.0848. The molecule has 1 aliphatic heterocycles. The maximum Gasteiger partial charge on any atom is 0.283 e. The third-order valence-corrected chi connectivity index (χ3v) is 5.11. The van der Waals surface area contributed by atoms with Gasteiger partial charge in [0.2, 0.25) is 0 Å². The lowest BCUT2D eigenvalue weighted by atomic mass is 9.99. The molecule has 0 radical (unpaired) electrons. The Hall–Kier alpha value is -2.67.